The van der Waals surface area contributed by atoms with Crippen LogP contribution in [0.4, 0.5) is 16.5 Å². The third kappa shape index (κ3) is 2.83. The largest absolute Gasteiger partial charge is 0.467 e. The second-order valence-corrected chi connectivity index (χ2v) is 9.23. The van der Waals surface area contributed by atoms with Crippen molar-refractivity contribution in [1.29, 1.82) is 0 Å². The molecule has 0 radical (unpaired) electrons. The maximum atomic E-state index is 12.3. The molecule has 0 N–H and O–H groups in total. The fraction of sp³-hybridized carbons (Fsp3) is 0.136. The SMILES string of the molecule is O=C1CC(c2ccco2)N1c1nnc(CN2c3ccccc3Sc3ccccc32)s1. The summed E-state index contributed by atoms with van der Waals surface area (Å²) in [5.74, 6) is 0.825. The first-order valence-corrected chi connectivity index (χ1v) is 11.2. The first kappa shape index (κ1) is 17.7. The molecule has 4 heterocycles. The van der Waals surface area contributed by atoms with E-state index in [1.165, 1.54) is 21.1 Å². The molecule has 0 bridgehead atoms. The summed E-state index contributed by atoms with van der Waals surface area (Å²) in [5.41, 5.74) is 2.32. The molecule has 6 nitrogen and oxygen atoms in total. The zero-order chi connectivity index (χ0) is 20.1. The average Bonchev–Trinajstić information content (AvgIpc) is 3.44. The molecule has 2 aromatic carbocycles. The number of hydrogen-bond acceptors (Lipinski definition) is 7. The minimum Gasteiger partial charge on any atom is -0.467 e. The van der Waals surface area contributed by atoms with Gasteiger partial charge < -0.3 is 9.32 Å². The Morgan fingerprint density at radius 1 is 0.967 bits per heavy atom. The molecule has 2 aliphatic heterocycles. The molecule has 6 rings (SSSR count). The number of fused-ring (bicyclic) bond motifs is 2. The van der Waals surface area contributed by atoms with Crippen LogP contribution < -0.4 is 9.80 Å². The molecule has 2 aromatic heterocycles. The van der Waals surface area contributed by atoms with Crippen LogP contribution in [0.15, 0.2) is 81.1 Å². The number of carbonyl (C=O) groups excluding carboxylic acids is 1. The fourth-order valence-corrected chi connectivity index (χ4v) is 5.85. The highest BCUT2D eigenvalue weighted by Crippen LogP contribution is 2.49. The lowest BCUT2D eigenvalue weighted by Gasteiger charge is -2.36. The van der Waals surface area contributed by atoms with Crippen molar-refractivity contribution in [1.82, 2.24) is 10.2 Å². The molecular formula is C22H16N4O2S2. The van der Waals surface area contributed by atoms with Gasteiger partial charge in [-0.1, -0.05) is 47.4 Å². The number of furan rings is 1. The standard InChI is InChI=1S/C22H16N4O2S2/c27-21-12-16(17-8-5-11-28-17)26(21)22-24-23-20(30-22)13-25-14-6-1-3-9-18(14)29-19-10-4-2-7-15(19)25/h1-11,16H,12-13H2. The van der Waals surface area contributed by atoms with E-state index < -0.39 is 0 Å². The molecule has 1 unspecified atom stereocenters. The van der Waals surface area contributed by atoms with E-state index in [0.29, 0.717) is 18.1 Å². The number of aromatic nitrogens is 2. The van der Waals surface area contributed by atoms with Crippen molar-refractivity contribution >= 4 is 45.5 Å². The average molecular weight is 433 g/mol. The van der Waals surface area contributed by atoms with Crippen LogP contribution in [0.3, 0.4) is 0 Å². The predicted octanol–water partition coefficient (Wildman–Crippen LogP) is 5.41. The monoisotopic (exact) mass is 432 g/mol. The van der Waals surface area contributed by atoms with Gasteiger partial charge in [-0.25, -0.2) is 0 Å². The van der Waals surface area contributed by atoms with E-state index in [9.17, 15) is 4.79 Å². The van der Waals surface area contributed by atoms with Crippen LogP contribution in [-0.4, -0.2) is 16.1 Å². The highest BCUT2D eigenvalue weighted by Gasteiger charge is 2.42. The normalized spacial score (nSPS) is 17.5. The number of benzene rings is 2. The Morgan fingerprint density at radius 3 is 2.37 bits per heavy atom. The number of anilines is 3. The fourth-order valence-electron chi connectivity index (χ4n) is 3.86. The first-order chi connectivity index (χ1) is 14.8. The Morgan fingerprint density at radius 2 is 1.70 bits per heavy atom. The van der Waals surface area contributed by atoms with Crippen LogP contribution in [0.5, 0.6) is 0 Å². The predicted molar refractivity (Wildman–Crippen MR) is 116 cm³/mol. The van der Waals surface area contributed by atoms with E-state index in [1.54, 1.807) is 22.9 Å². The van der Waals surface area contributed by atoms with E-state index >= 15 is 0 Å². The molecule has 1 atom stereocenters. The number of nitrogens with zero attached hydrogens (tertiary/aromatic N) is 4. The summed E-state index contributed by atoms with van der Waals surface area (Å²) in [4.78, 5) is 18.7. The van der Waals surface area contributed by atoms with Crippen molar-refractivity contribution < 1.29 is 9.21 Å². The van der Waals surface area contributed by atoms with E-state index in [1.807, 2.05) is 12.1 Å². The van der Waals surface area contributed by atoms with E-state index in [4.69, 9.17) is 4.42 Å². The molecular weight excluding hydrogens is 416 g/mol. The number of para-hydroxylation sites is 2. The van der Waals surface area contributed by atoms with Gasteiger partial charge in [-0.05, 0) is 36.4 Å². The van der Waals surface area contributed by atoms with Crippen molar-refractivity contribution in [3.8, 4) is 0 Å². The molecule has 30 heavy (non-hydrogen) atoms. The molecule has 4 aromatic rings. The zero-order valence-corrected chi connectivity index (χ0v) is 17.4. The number of amides is 1. The third-order valence-corrected chi connectivity index (χ3v) is 7.35. The molecule has 8 heteroatoms. The maximum absolute atomic E-state index is 12.3. The summed E-state index contributed by atoms with van der Waals surface area (Å²) in [7, 11) is 0. The minimum absolute atomic E-state index is 0.0455. The summed E-state index contributed by atoms with van der Waals surface area (Å²) in [6, 6.07) is 20.4. The highest BCUT2D eigenvalue weighted by atomic mass is 32.2. The van der Waals surface area contributed by atoms with E-state index in [2.05, 4.69) is 63.6 Å². The van der Waals surface area contributed by atoms with Gasteiger partial charge in [0.15, 0.2) is 0 Å². The van der Waals surface area contributed by atoms with Gasteiger partial charge >= 0.3 is 0 Å². The van der Waals surface area contributed by atoms with Gasteiger partial charge in [-0.2, -0.15) is 0 Å². The smallest absolute Gasteiger partial charge is 0.232 e. The third-order valence-electron chi connectivity index (χ3n) is 5.31. The summed E-state index contributed by atoms with van der Waals surface area (Å²) < 4.78 is 5.50. The molecule has 0 spiro atoms. The lowest BCUT2D eigenvalue weighted by Crippen LogP contribution is -2.46. The first-order valence-electron chi connectivity index (χ1n) is 9.59. The van der Waals surface area contributed by atoms with Gasteiger partial charge in [0.05, 0.1) is 30.6 Å². The number of carbonyl (C=O) groups is 1. The van der Waals surface area contributed by atoms with Crippen LogP contribution in [0.25, 0.3) is 0 Å². The van der Waals surface area contributed by atoms with Crippen molar-refractivity contribution in [2.24, 2.45) is 0 Å². The maximum Gasteiger partial charge on any atom is 0.232 e. The van der Waals surface area contributed by atoms with Crippen LogP contribution in [0.1, 0.15) is 23.2 Å². The topological polar surface area (TPSA) is 62.5 Å². The van der Waals surface area contributed by atoms with Crippen LogP contribution in [0, 0.1) is 0 Å². The second-order valence-electron chi connectivity index (χ2n) is 7.10. The van der Waals surface area contributed by atoms with Crippen LogP contribution >= 0.6 is 23.1 Å². The number of hydrogen-bond donors (Lipinski definition) is 0. The van der Waals surface area contributed by atoms with Crippen molar-refractivity contribution in [3.63, 3.8) is 0 Å². The van der Waals surface area contributed by atoms with E-state index in [-0.39, 0.29) is 11.9 Å². The number of rotatable bonds is 4. The Balaban J connectivity index is 1.31. The van der Waals surface area contributed by atoms with Gasteiger partial charge in [-0.3, -0.25) is 9.69 Å². The minimum atomic E-state index is -0.0962. The van der Waals surface area contributed by atoms with Gasteiger partial charge in [0.1, 0.15) is 16.8 Å². The molecule has 1 amide bonds. The Kier molecular flexibility index (Phi) is 4.14. The molecule has 148 valence electrons. The van der Waals surface area contributed by atoms with E-state index in [0.717, 1.165) is 22.1 Å². The van der Waals surface area contributed by atoms with Gasteiger partial charge in [0.25, 0.3) is 0 Å². The summed E-state index contributed by atoms with van der Waals surface area (Å²) >= 11 is 3.24. The Labute approximate surface area is 181 Å². The lowest BCUT2D eigenvalue weighted by atomic mass is 10.0. The Hall–Kier alpha value is -3.10. The Bertz CT molecular complexity index is 1190. The van der Waals surface area contributed by atoms with Crippen LogP contribution in [0.2, 0.25) is 0 Å². The molecule has 2 aliphatic rings. The molecule has 1 saturated heterocycles. The van der Waals surface area contributed by atoms with Crippen molar-refractivity contribution in [2.75, 3.05) is 9.80 Å². The molecule has 0 aliphatic carbocycles. The zero-order valence-electron chi connectivity index (χ0n) is 15.8. The van der Waals surface area contributed by atoms with Crippen LogP contribution in [-0.2, 0) is 11.3 Å². The lowest BCUT2D eigenvalue weighted by molar-refractivity contribution is -0.124. The van der Waals surface area contributed by atoms with Gasteiger partial charge in [0.2, 0.25) is 11.0 Å². The molecule has 0 saturated carbocycles. The number of β-lactam (4-membered cyclic amide) rings is 1. The van der Waals surface area contributed by atoms with Crippen molar-refractivity contribution in [3.05, 3.63) is 77.7 Å². The van der Waals surface area contributed by atoms with Gasteiger partial charge in [-0.15, -0.1) is 10.2 Å². The summed E-state index contributed by atoms with van der Waals surface area (Å²) in [6.45, 7) is 0.597. The molecule has 1 fully saturated rings. The van der Waals surface area contributed by atoms with Gasteiger partial charge in [0, 0.05) is 9.79 Å². The summed E-state index contributed by atoms with van der Waals surface area (Å²) in [5, 5.41) is 10.2. The quantitative estimate of drug-likeness (QED) is 0.402. The highest BCUT2D eigenvalue weighted by molar-refractivity contribution is 7.99. The summed E-state index contributed by atoms with van der Waals surface area (Å²) in [6.07, 6.45) is 2.07. The second kappa shape index (κ2) is 7.00. The van der Waals surface area contributed by atoms with Crippen molar-refractivity contribution in [2.45, 2.75) is 28.8 Å².